The minimum atomic E-state index is -1.05. The molecule has 1 atom stereocenters. The van der Waals surface area contributed by atoms with Crippen LogP contribution in [0.1, 0.15) is 58.0 Å². The van der Waals surface area contributed by atoms with E-state index >= 15 is 0 Å². The summed E-state index contributed by atoms with van der Waals surface area (Å²) in [7, 11) is 0. The largest absolute Gasteiger partial charge is 0.478 e. The van der Waals surface area contributed by atoms with Gasteiger partial charge in [-0.15, -0.1) is 0 Å². The molecule has 1 amide bonds. The summed E-state index contributed by atoms with van der Waals surface area (Å²) in [4.78, 5) is 23.8. The first-order valence-corrected chi connectivity index (χ1v) is 7.04. The maximum Gasteiger partial charge on any atom is 0.336 e. The van der Waals surface area contributed by atoms with Crippen molar-refractivity contribution < 1.29 is 14.7 Å². The van der Waals surface area contributed by atoms with E-state index in [1.807, 2.05) is 6.92 Å². The molecule has 1 saturated carbocycles. The van der Waals surface area contributed by atoms with E-state index in [1.54, 1.807) is 26.0 Å². The van der Waals surface area contributed by atoms with E-state index in [9.17, 15) is 14.7 Å². The summed E-state index contributed by atoms with van der Waals surface area (Å²) in [6.45, 7) is 5.46. The van der Waals surface area contributed by atoms with Crippen LogP contribution in [0.3, 0.4) is 0 Å². The molecule has 2 N–H and O–H groups in total. The van der Waals surface area contributed by atoms with Gasteiger partial charge in [0.05, 0.1) is 11.1 Å². The van der Waals surface area contributed by atoms with E-state index in [2.05, 4.69) is 5.32 Å². The second-order valence-corrected chi connectivity index (χ2v) is 5.81. The first-order chi connectivity index (χ1) is 9.40. The fourth-order valence-electron chi connectivity index (χ4n) is 2.59. The Morgan fingerprint density at radius 1 is 1.25 bits per heavy atom. The van der Waals surface area contributed by atoms with Crippen molar-refractivity contribution in [3.05, 3.63) is 34.4 Å². The Bertz CT molecular complexity index is 547. The number of amides is 1. The van der Waals surface area contributed by atoms with Crippen LogP contribution in [0.15, 0.2) is 12.1 Å². The zero-order valence-corrected chi connectivity index (χ0v) is 12.2. The Balaban J connectivity index is 2.23. The van der Waals surface area contributed by atoms with Crippen molar-refractivity contribution in [2.24, 2.45) is 5.92 Å². The molecular formula is C16H21NO3. The van der Waals surface area contributed by atoms with Crippen LogP contribution in [0.25, 0.3) is 0 Å². The molecule has 1 aliphatic carbocycles. The Kier molecular flexibility index (Phi) is 4.12. The molecular weight excluding hydrogens is 254 g/mol. The number of hydrogen-bond acceptors (Lipinski definition) is 2. The van der Waals surface area contributed by atoms with Crippen LogP contribution in [-0.4, -0.2) is 23.0 Å². The molecule has 0 aromatic heterocycles. The van der Waals surface area contributed by atoms with Crippen LogP contribution < -0.4 is 5.32 Å². The van der Waals surface area contributed by atoms with E-state index < -0.39 is 5.97 Å². The summed E-state index contributed by atoms with van der Waals surface area (Å²) in [6.07, 6.45) is 3.45. The molecule has 0 heterocycles. The lowest BCUT2D eigenvalue weighted by molar-refractivity contribution is 0.0689. The molecule has 0 bridgehead atoms. The van der Waals surface area contributed by atoms with Crippen molar-refractivity contribution in [3.63, 3.8) is 0 Å². The van der Waals surface area contributed by atoms with Gasteiger partial charge in [-0.3, -0.25) is 4.79 Å². The average molecular weight is 275 g/mol. The molecule has 1 aromatic rings. The van der Waals surface area contributed by atoms with E-state index in [-0.39, 0.29) is 17.5 Å². The highest BCUT2D eigenvalue weighted by molar-refractivity contribution is 6.06. The molecule has 1 unspecified atom stereocenters. The number of benzene rings is 1. The second kappa shape index (κ2) is 5.65. The molecule has 4 heteroatoms. The van der Waals surface area contributed by atoms with E-state index in [0.717, 1.165) is 12.3 Å². The molecule has 0 radical (unpaired) electrons. The van der Waals surface area contributed by atoms with Gasteiger partial charge in [-0.05, 0) is 44.2 Å². The molecule has 0 spiro atoms. The van der Waals surface area contributed by atoms with Gasteiger partial charge in [-0.1, -0.05) is 25.0 Å². The predicted octanol–water partition coefficient (Wildman–Crippen LogP) is 2.92. The number of aromatic carboxylic acids is 1. The van der Waals surface area contributed by atoms with Crippen LogP contribution in [0.4, 0.5) is 0 Å². The predicted molar refractivity (Wildman–Crippen MR) is 77.1 cm³/mol. The van der Waals surface area contributed by atoms with Gasteiger partial charge in [-0.25, -0.2) is 4.79 Å². The first kappa shape index (κ1) is 14.6. The normalized spacial score (nSPS) is 15.8. The van der Waals surface area contributed by atoms with Gasteiger partial charge in [0.25, 0.3) is 5.91 Å². The van der Waals surface area contributed by atoms with Gasteiger partial charge >= 0.3 is 5.97 Å². The molecule has 1 aromatic carbocycles. The van der Waals surface area contributed by atoms with Crippen molar-refractivity contribution in [3.8, 4) is 0 Å². The van der Waals surface area contributed by atoms with Crippen molar-refractivity contribution in [2.45, 2.75) is 46.1 Å². The Labute approximate surface area is 119 Å². The van der Waals surface area contributed by atoms with Gasteiger partial charge in [0.15, 0.2) is 0 Å². The van der Waals surface area contributed by atoms with Gasteiger partial charge in [0, 0.05) is 6.04 Å². The highest BCUT2D eigenvalue weighted by Gasteiger charge is 2.26. The quantitative estimate of drug-likeness (QED) is 0.868. The van der Waals surface area contributed by atoms with E-state index in [0.29, 0.717) is 16.7 Å². The van der Waals surface area contributed by atoms with Crippen molar-refractivity contribution in [1.82, 2.24) is 5.32 Å². The molecule has 108 valence electrons. The highest BCUT2D eigenvalue weighted by Crippen LogP contribution is 2.33. The number of carbonyl (C=O) groups excluding carboxylic acids is 1. The fraction of sp³-hybridized carbons (Fsp3) is 0.500. The maximum atomic E-state index is 12.4. The lowest BCUT2D eigenvalue weighted by atomic mass is 9.96. The van der Waals surface area contributed by atoms with Gasteiger partial charge in [0.1, 0.15) is 0 Å². The summed E-state index contributed by atoms with van der Waals surface area (Å²) < 4.78 is 0. The van der Waals surface area contributed by atoms with Crippen LogP contribution >= 0.6 is 0 Å². The number of nitrogens with one attached hydrogen (secondary N) is 1. The molecule has 20 heavy (non-hydrogen) atoms. The van der Waals surface area contributed by atoms with Gasteiger partial charge in [0.2, 0.25) is 0 Å². The van der Waals surface area contributed by atoms with Crippen LogP contribution in [0.2, 0.25) is 0 Å². The summed E-state index contributed by atoms with van der Waals surface area (Å²) in [6, 6.07) is 3.61. The molecule has 1 aliphatic rings. The SMILES string of the molecule is Cc1ccc(C)c(C(=O)NC(C)CC2CC2)c1C(=O)O. The smallest absolute Gasteiger partial charge is 0.336 e. The minimum Gasteiger partial charge on any atom is -0.478 e. The zero-order valence-electron chi connectivity index (χ0n) is 12.2. The Hall–Kier alpha value is -1.84. The lowest BCUT2D eigenvalue weighted by Gasteiger charge is -2.17. The number of aryl methyl sites for hydroxylation is 2. The lowest BCUT2D eigenvalue weighted by Crippen LogP contribution is -2.34. The number of carboxylic acids is 1. The monoisotopic (exact) mass is 275 g/mol. The topological polar surface area (TPSA) is 66.4 Å². The second-order valence-electron chi connectivity index (χ2n) is 5.81. The van der Waals surface area contributed by atoms with E-state index in [4.69, 9.17) is 0 Å². The average Bonchev–Trinajstić information content (AvgIpc) is 3.14. The zero-order chi connectivity index (χ0) is 14.9. The molecule has 2 rings (SSSR count). The summed E-state index contributed by atoms with van der Waals surface area (Å²) >= 11 is 0. The molecule has 1 fully saturated rings. The Morgan fingerprint density at radius 2 is 1.80 bits per heavy atom. The third kappa shape index (κ3) is 3.18. The number of carbonyl (C=O) groups is 2. The third-order valence-electron chi connectivity index (χ3n) is 3.82. The van der Waals surface area contributed by atoms with E-state index in [1.165, 1.54) is 12.8 Å². The number of rotatable bonds is 5. The summed E-state index contributed by atoms with van der Waals surface area (Å²) in [5.74, 6) is -0.606. The van der Waals surface area contributed by atoms with Crippen molar-refractivity contribution in [1.29, 1.82) is 0 Å². The summed E-state index contributed by atoms with van der Waals surface area (Å²) in [5, 5.41) is 12.3. The molecule has 4 nitrogen and oxygen atoms in total. The van der Waals surface area contributed by atoms with Crippen molar-refractivity contribution >= 4 is 11.9 Å². The number of hydrogen-bond donors (Lipinski definition) is 2. The molecule has 0 aliphatic heterocycles. The number of carboxylic acid groups (broad SMARTS) is 1. The Morgan fingerprint density at radius 3 is 2.30 bits per heavy atom. The van der Waals surface area contributed by atoms with Gasteiger partial charge < -0.3 is 10.4 Å². The van der Waals surface area contributed by atoms with Gasteiger partial charge in [-0.2, -0.15) is 0 Å². The van der Waals surface area contributed by atoms with Crippen molar-refractivity contribution in [2.75, 3.05) is 0 Å². The summed E-state index contributed by atoms with van der Waals surface area (Å²) in [5.41, 5.74) is 1.72. The standard InChI is InChI=1S/C16H21NO3/c1-9-4-5-10(2)14(16(19)20)13(9)15(18)17-11(3)8-12-6-7-12/h4-5,11-12H,6-8H2,1-3H3,(H,17,18)(H,19,20). The fourth-order valence-corrected chi connectivity index (χ4v) is 2.59. The highest BCUT2D eigenvalue weighted by atomic mass is 16.4. The van der Waals surface area contributed by atoms with Crippen LogP contribution in [-0.2, 0) is 0 Å². The minimum absolute atomic E-state index is 0.0801. The molecule has 0 saturated heterocycles. The van der Waals surface area contributed by atoms with Crippen LogP contribution in [0.5, 0.6) is 0 Å². The first-order valence-electron chi connectivity index (χ1n) is 7.04. The van der Waals surface area contributed by atoms with Crippen LogP contribution in [0, 0.1) is 19.8 Å². The third-order valence-corrected chi connectivity index (χ3v) is 3.82. The maximum absolute atomic E-state index is 12.4.